The van der Waals surface area contributed by atoms with Crippen LogP contribution in [0.2, 0.25) is 0 Å². The Morgan fingerprint density at radius 2 is 1.76 bits per heavy atom. The molecule has 2 atom stereocenters. The van der Waals surface area contributed by atoms with E-state index in [1.54, 1.807) is 20.8 Å². The van der Waals surface area contributed by atoms with Gasteiger partial charge in [-0.05, 0) is 39.7 Å². The van der Waals surface area contributed by atoms with Crippen molar-refractivity contribution in [3.05, 3.63) is 35.9 Å². The molecular weight excluding hydrogens is 588 g/mol. The second kappa shape index (κ2) is 11.3. The molecule has 232 valence electrons. The molecule has 0 radical (unpaired) electrons. The summed E-state index contributed by atoms with van der Waals surface area (Å²) in [5.41, 5.74) is 3.14. The normalized spacial score (nSPS) is 19.1. The van der Waals surface area contributed by atoms with Crippen LogP contribution in [-0.2, 0) is 16.5 Å². The molecule has 11 nitrogen and oxygen atoms in total. The summed E-state index contributed by atoms with van der Waals surface area (Å²) in [5.74, 6) is -6.48. The molecule has 1 aliphatic rings. The molecule has 3 heterocycles. The molecule has 1 aliphatic carbocycles. The number of alkyl halides is 8. The first kappa shape index (κ1) is 32.5. The van der Waals surface area contributed by atoms with Crippen molar-refractivity contribution in [1.82, 2.24) is 24.4 Å². The number of hydrogen-bond donors (Lipinski definition) is 4. The van der Waals surface area contributed by atoms with Crippen LogP contribution in [0.1, 0.15) is 56.1 Å². The molecule has 19 heteroatoms. The molecule has 1 saturated carbocycles. The molecule has 3 aromatic heterocycles. The molecule has 42 heavy (non-hydrogen) atoms. The Morgan fingerprint density at radius 3 is 2.31 bits per heavy atom. The number of nitrogens with two attached hydrogens (primary N) is 1. The maximum absolute atomic E-state index is 14.0. The minimum Gasteiger partial charge on any atom is -0.475 e. The highest BCUT2D eigenvalue weighted by molar-refractivity contribution is 6.08. The van der Waals surface area contributed by atoms with Gasteiger partial charge >= 0.3 is 18.3 Å². The lowest BCUT2D eigenvalue weighted by molar-refractivity contribution is -0.192. The third-order valence-electron chi connectivity index (χ3n) is 6.05. The lowest BCUT2D eigenvalue weighted by Gasteiger charge is -2.36. The molecule has 5 N–H and O–H groups in total. The zero-order valence-electron chi connectivity index (χ0n) is 22.2. The molecule has 0 aliphatic heterocycles. The maximum Gasteiger partial charge on any atom is 0.490 e. The summed E-state index contributed by atoms with van der Waals surface area (Å²) in [7, 11) is 0. The Balaban J connectivity index is 0.000000616. The third kappa shape index (κ3) is 7.42. The number of carbonyl (C=O) groups excluding carboxylic acids is 1. The fourth-order valence-electron chi connectivity index (χ4n) is 3.87. The predicted molar refractivity (Wildman–Crippen MR) is 131 cm³/mol. The lowest BCUT2D eigenvalue weighted by atomic mass is 9.87. The van der Waals surface area contributed by atoms with Crippen LogP contribution in [0, 0.1) is 0 Å². The molecule has 4 rings (SSSR count). The fourth-order valence-corrected chi connectivity index (χ4v) is 3.87. The Kier molecular flexibility index (Phi) is 8.76. The van der Waals surface area contributed by atoms with E-state index in [1.165, 1.54) is 16.8 Å². The van der Waals surface area contributed by atoms with Gasteiger partial charge in [-0.2, -0.15) is 36.5 Å². The van der Waals surface area contributed by atoms with Gasteiger partial charge in [-0.15, -0.1) is 0 Å². The number of nitrogens with one attached hydrogen (secondary N) is 2. The summed E-state index contributed by atoms with van der Waals surface area (Å²) in [4.78, 5) is 26.1. The Labute approximate surface area is 232 Å². The van der Waals surface area contributed by atoms with Crippen molar-refractivity contribution in [2.24, 2.45) is 5.73 Å². The topological polar surface area (TPSA) is 152 Å². The Morgan fingerprint density at radius 1 is 1.14 bits per heavy atom. The van der Waals surface area contributed by atoms with E-state index < -0.39 is 59.2 Å². The van der Waals surface area contributed by atoms with Gasteiger partial charge < -0.3 is 21.5 Å². The van der Waals surface area contributed by atoms with E-state index in [4.69, 9.17) is 15.6 Å². The van der Waals surface area contributed by atoms with E-state index in [-0.39, 0.29) is 29.9 Å². The molecule has 0 saturated heterocycles. The number of carbonyl (C=O) groups is 2. The first-order chi connectivity index (χ1) is 19.1. The summed E-state index contributed by atoms with van der Waals surface area (Å²) in [5, 5.41) is 19.9. The SMILES string of the molecule is CC(C)(C)n1cc(NC(=O)c2cnn3ccc(N[C@@H]4CCCC(F)(F)[C@@H]4N)nc23)c(C(F)(F)F)n1.O=C(O)C(F)(F)F. The number of carboxylic acids is 1. The van der Waals surface area contributed by atoms with Gasteiger partial charge in [0.05, 0.1) is 23.5 Å². The molecule has 0 unspecified atom stereocenters. The minimum absolute atomic E-state index is 0.0282. The van der Waals surface area contributed by atoms with Crippen molar-refractivity contribution in [2.45, 2.75) is 75.9 Å². The van der Waals surface area contributed by atoms with E-state index in [1.807, 2.05) is 0 Å². The average Bonchev–Trinajstić information content (AvgIpc) is 3.46. The van der Waals surface area contributed by atoms with E-state index in [2.05, 4.69) is 25.8 Å². The van der Waals surface area contributed by atoms with Gasteiger partial charge in [0.25, 0.3) is 11.8 Å². The number of nitrogens with zero attached hydrogens (tertiary/aromatic N) is 5. The Hall–Kier alpha value is -4.03. The molecule has 0 bridgehead atoms. The monoisotopic (exact) mass is 614 g/mol. The maximum atomic E-state index is 14.0. The third-order valence-corrected chi connectivity index (χ3v) is 6.05. The summed E-state index contributed by atoms with van der Waals surface area (Å²) in [6.45, 7) is 5.01. The lowest BCUT2D eigenvalue weighted by Crippen LogP contribution is -2.55. The van der Waals surface area contributed by atoms with Crippen LogP contribution >= 0.6 is 0 Å². The number of rotatable bonds is 4. The summed E-state index contributed by atoms with van der Waals surface area (Å²) >= 11 is 0. The average molecular weight is 614 g/mol. The van der Waals surface area contributed by atoms with Gasteiger partial charge in [0.1, 0.15) is 11.4 Å². The number of anilines is 2. The minimum atomic E-state index is -5.08. The molecule has 1 fully saturated rings. The van der Waals surface area contributed by atoms with Gasteiger partial charge in [-0.1, -0.05) is 0 Å². The molecule has 0 spiro atoms. The largest absolute Gasteiger partial charge is 0.490 e. The second-order valence-electron chi connectivity index (χ2n) is 10.3. The van der Waals surface area contributed by atoms with Gasteiger partial charge in [0.15, 0.2) is 11.3 Å². The number of hydrogen-bond acceptors (Lipinski definition) is 7. The van der Waals surface area contributed by atoms with Crippen LogP contribution in [0.15, 0.2) is 24.7 Å². The number of amides is 1. The fraction of sp³-hybridized carbons (Fsp3) is 0.522. The van der Waals surface area contributed by atoms with E-state index in [0.29, 0.717) is 6.42 Å². The van der Waals surface area contributed by atoms with Crippen molar-refractivity contribution in [3.8, 4) is 0 Å². The van der Waals surface area contributed by atoms with Gasteiger partial charge in [-0.25, -0.2) is 23.1 Å². The predicted octanol–water partition coefficient (Wildman–Crippen LogP) is 4.51. The number of fused-ring (bicyclic) bond motifs is 1. The number of carboxylic acid groups (broad SMARTS) is 1. The number of aromatic nitrogens is 5. The van der Waals surface area contributed by atoms with Crippen molar-refractivity contribution >= 4 is 29.0 Å². The smallest absolute Gasteiger partial charge is 0.475 e. The van der Waals surface area contributed by atoms with E-state index in [9.17, 15) is 39.9 Å². The first-order valence-corrected chi connectivity index (χ1v) is 12.1. The standard InChI is InChI=1S/C21H25F5N8O.C2HF3O2/c1-19(2,3)34-10-13(16(32-34)21(24,25)26)30-18(35)11-9-28-33-8-6-14(31-17(11)33)29-12-5-4-7-20(22,23)15(12)27;3-2(4,5)1(6)7/h6,8-10,12,15H,4-5,7,27H2,1-3H3,(H,29,31)(H,30,35);(H,6,7)/t12-,15-;/m1./s1. The summed E-state index contributed by atoms with van der Waals surface area (Å²) in [6, 6.07) is -0.676. The van der Waals surface area contributed by atoms with Crippen LogP contribution < -0.4 is 16.4 Å². The van der Waals surface area contributed by atoms with Crippen molar-refractivity contribution < 1.29 is 49.8 Å². The number of aliphatic carboxylic acids is 1. The van der Waals surface area contributed by atoms with Gasteiger partial charge in [0.2, 0.25) is 0 Å². The molecule has 3 aromatic rings. The highest BCUT2D eigenvalue weighted by Crippen LogP contribution is 2.36. The summed E-state index contributed by atoms with van der Waals surface area (Å²) < 4.78 is 103. The van der Waals surface area contributed by atoms with Crippen molar-refractivity contribution in [1.29, 1.82) is 0 Å². The quantitative estimate of drug-likeness (QED) is 0.313. The highest BCUT2D eigenvalue weighted by Gasteiger charge is 2.45. The second-order valence-corrected chi connectivity index (χ2v) is 10.3. The molecular formula is C23H26F8N8O3. The highest BCUT2D eigenvalue weighted by atomic mass is 19.4. The summed E-state index contributed by atoms with van der Waals surface area (Å²) in [6.07, 6.45) is -5.76. The van der Waals surface area contributed by atoms with E-state index in [0.717, 1.165) is 17.1 Å². The van der Waals surface area contributed by atoms with Gasteiger partial charge in [0, 0.05) is 24.9 Å². The molecule has 1 amide bonds. The van der Waals surface area contributed by atoms with Crippen LogP contribution in [0.25, 0.3) is 5.65 Å². The molecule has 0 aromatic carbocycles. The van der Waals surface area contributed by atoms with Crippen molar-refractivity contribution in [2.75, 3.05) is 10.6 Å². The van der Waals surface area contributed by atoms with Gasteiger partial charge in [-0.3, -0.25) is 9.48 Å². The van der Waals surface area contributed by atoms with Crippen LogP contribution in [0.5, 0.6) is 0 Å². The number of halogens is 8. The zero-order valence-corrected chi connectivity index (χ0v) is 22.2. The van der Waals surface area contributed by atoms with Crippen molar-refractivity contribution in [3.63, 3.8) is 0 Å². The Bertz CT molecular complexity index is 1440. The van der Waals surface area contributed by atoms with E-state index >= 15 is 0 Å². The van der Waals surface area contributed by atoms with Crippen LogP contribution in [0.4, 0.5) is 46.6 Å². The zero-order chi connectivity index (χ0) is 31.8. The van der Waals surface area contributed by atoms with Crippen LogP contribution in [0.3, 0.4) is 0 Å². The van der Waals surface area contributed by atoms with Crippen LogP contribution in [-0.4, -0.2) is 65.5 Å². The first-order valence-electron chi connectivity index (χ1n) is 12.1.